The minimum atomic E-state index is -4.62. The standard InChI is InChI=1S/C28H33F3N2O4/c1-25(2,34)10-7-11-37-19-12-21(18-14-32-33(15-18)17-26(3,4)35)24-20-8-5-6-9-22(20)27(36,23(24)13-19)16-28(29,30)31/h5-6,8-9,12-15,34-36H,7,10-11,16-17H2,1-4H3/t27-/m1/s1. The van der Waals surface area contributed by atoms with Crippen LogP contribution in [0.15, 0.2) is 48.8 Å². The summed E-state index contributed by atoms with van der Waals surface area (Å²) < 4.78 is 48.7. The summed E-state index contributed by atoms with van der Waals surface area (Å²) in [5, 5.41) is 36.1. The summed E-state index contributed by atoms with van der Waals surface area (Å²) in [7, 11) is 0. The van der Waals surface area contributed by atoms with Gasteiger partial charge in [0.25, 0.3) is 0 Å². The Labute approximate surface area is 214 Å². The Morgan fingerprint density at radius 1 is 0.973 bits per heavy atom. The Balaban J connectivity index is 1.84. The highest BCUT2D eigenvalue weighted by molar-refractivity contribution is 5.92. The monoisotopic (exact) mass is 518 g/mol. The average Bonchev–Trinajstić information content (AvgIpc) is 3.29. The van der Waals surface area contributed by atoms with Crippen LogP contribution in [-0.4, -0.2) is 49.1 Å². The van der Waals surface area contributed by atoms with Gasteiger partial charge in [0.15, 0.2) is 0 Å². The third kappa shape index (κ3) is 6.17. The number of rotatable bonds is 9. The average molecular weight is 519 g/mol. The number of fused-ring (bicyclic) bond motifs is 3. The highest BCUT2D eigenvalue weighted by atomic mass is 19.4. The molecule has 2 aromatic carbocycles. The van der Waals surface area contributed by atoms with E-state index in [0.29, 0.717) is 40.8 Å². The molecule has 0 aliphatic heterocycles. The predicted molar refractivity (Wildman–Crippen MR) is 134 cm³/mol. The van der Waals surface area contributed by atoms with Gasteiger partial charge in [0, 0.05) is 17.3 Å². The van der Waals surface area contributed by atoms with Crippen molar-refractivity contribution < 1.29 is 33.2 Å². The van der Waals surface area contributed by atoms with Crippen LogP contribution >= 0.6 is 0 Å². The van der Waals surface area contributed by atoms with Crippen molar-refractivity contribution >= 4 is 0 Å². The molecule has 0 bridgehead atoms. The third-order valence-corrected chi connectivity index (χ3v) is 6.35. The first kappa shape index (κ1) is 27.2. The molecule has 1 aliphatic carbocycles. The minimum absolute atomic E-state index is 0.122. The van der Waals surface area contributed by atoms with Gasteiger partial charge in [-0.2, -0.15) is 18.3 Å². The smallest absolute Gasteiger partial charge is 0.392 e. The molecule has 0 unspecified atom stereocenters. The van der Waals surface area contributed by atoms with E-state index in [-0.39, 0.29) is 24.3 Å². The number of aromatic nitrogens is 2. The Hall–Kier alpha value is -2.88. The molecule has 1 aromatic heterocycles. The summed E-state index contributed by atoms with van der Waals surface area (Å²) in [4.78, 5) is 0. The lowest BCUT2D eigenvalue weighted by Crippen LogP contribution is -2.31. The van der Waals surface area contributed by atoms with E-state index in [1.165, 1.54) is 12.1 Å². The van der Waals surface area contributed by atoms with E-state index in [2.05, 4.69) is 5.10 Å². The first-order chi connectivity index (χ1) is 17.1. The van der Waals surface area contributed by atoms with Crippen LogP contribution in [-0.2, 0) is 12.1 Å². The topological polar surface area (TPSA) is 87.7 Å². The van der Waals surface area contributed by atoms with Crippen molar-refractivity contribution in [2.45, 2.75) is 76.5 Å². The lowest BCUT2D eigenvalue weighted by atomic mass is 9.87. The van der Waals surface area contributed by atoms with Crippen molar-refractivity contribution in [3.8, 4) is 28.0 Å². The Morgan fingerprint density at radius 2 is 1.68 bits per heavy atom. The maximum Gasteiger partial charge on any atom is 0.392 e. The quantitative estimate of drug-likeness (QED) is 0.329. The lowest BCUT2D eigenvalue weighted by Gasteiger charge is -2.27. The number of halogens is 3. The minimum Gasteiger partial charge on any atom is -0.494 e. The number of hydrogen-bond acceptors (Lipinski definition) is 5. The van der Waals surface area contributed by atoms with Crippen molar-refractivity contribution in [3.63, 3.8) is 0 Å². The van der Waals surface area contributed by atoms with Crippen LogP contribution in [0.3, 0.4) is 0 Å². The van der Waals surface area contributed by atoms with Crippen molar-refractivity contribution in [2.24, 2.45) is 0 Å². The van der Waals surface area contributed by atoms with Gasteiger partial charge in [0.1, 0.15) is 11.4 Å². The van der Waals surface area contributed by atoms with Crippen molar-refractivity contribution in [2.75, 3.05) is 6.61 Å². The zero-order valence-corrected chi connectivity index (χ0v) is 21.4. The highest BCUT2D eigenvalue weighted by Crippen LogP contribution is 2.55. The molecular formula is C28H33F3N2O4. The van der Waals surface area contributed by atoms with Gasteiger partial charge >= 0.3 is 6.18 Å². The predicted octanol–water partition coefficient (Wildman–Crippen LogP) is 5.42. The molecule has 6 nitrogen and oxygen atoms in total. The largest absolute Gasteiger partial charge is 0.494 e. The number of benzene rings is 2. The molecule has 0 amide bonds. The van der Waals surface area contributed by atoms with Crippen LogP contribution in [0.25, 0.3) is 22.3 Å². The SMILES string of the molecule is CC(C)(O)CCCOc1cc(-c2cnn(CC(C)(C)O)c2)c2c(c1)[C@@](O)(CC(F)(F)F)c1ccccc1-2. The van der Waals surface area contributed by atoms with E-state index in [1.807, 2.05) is 0 Å². The highest BCUT2D eigenvalue weighted by Gasteiger charge is 2.50. The maximum atomic E-state index is 13.7. The fraction of sp³-hybridized carbons (Fsp3) is 0.464. The van der Waals surface area contributed by atoms with Gasteiger partial charge < -0.3 is 20.1 Å². The fourth-order valence-electron chi connectivity index (χ4n) is 4.91. The molecule has 0 fully saturated rings. The molecule has 3 N–H and O–H groups in total. The molecule has 0 spiro atoms. The molecule has 200 valence electrons. The van der Waals surface area contributed by atoms with E-state index < -0.39 is 29.4 Å². The third-order valence-electron chi connectivity index (χ3n) is 6.35. The number of nitrogens with zero attached hydrogens (tertiary/aromatic N) is 2. The van der Waals surface area contributed by atoms with Crippen LogP contribution in [0, 0.1) is 0 Å². The van der Waals surface area contributed by atoms with E-state index in [4.69, 9.17) is 4.74 Å². The summed E-state index contributed by atoms with van der Waals surface area (Å²) in [6.07, 6.45) is -1.74. The van der Waals surface area contributed by atoms with Crippen LogP contribution in [0.2, 0.25) is 0 Å². The molecule has 1 aliphatic rings. The van der Waals surface area contributed by atoms with Gasteiger partial charge in [-0.1, -0.05) is 24.3 Å². The second-order valence-electron chi connectivity index (χ2n) is 11.1. The van der Waals surface area contributed by atoms with Crippen molar-refractivity contribution in [3.05, 3.63) is 59.9 Å². The fourth-order valence-corrected chi connectivity index (χ4v) is 4.91. The lowest BCUT2D eigenvalue weighted by molar-refractivity contribution is -0.169. The van der Waals surface area contributed by atoms with Gasteiger partial charge in [0.2, 0.25) is 0 Å². The summed E-state index contributed by atoms with van der Waals surface area (Å²) in [6.45, 7) is 7.16. The van der Waals surface area contributed by atoms with Crippen LogP contribution in [0.5, 0.6) is 5.75 Å². The molecule has 0 radical (unpaired) electrons. The number of hydrogen-bond donors (Lipinski definition) is 3. The molecule has 1 heterocycles. The van der Waals surface area contributed by atoms with Crippen LogP contribution in [0.4, 0.5) is 13.2 Å². The van der Waals surface area contributed by atoms with E-state index in [1.54, 1.807) is 69.0 Å². The van der Waals surface area contributed by atoms with Crippen molar-refractivity contribution in [1.82, 2.24) is 9.78 Å². The first-order valence-electron chi connectivity index (χ1n) is 12.2. The van der Waals surface area contributed by atoms with Crippen LogP contribution in [0.1, 0.15) is 58.1 Å². The molecule has 9 heteroatoms. The van der Waals surface area contributed by atoms with Gasteiger partial charge in [0.05, 0.1) is 37.0 Å². The zero-order chi connectivity index (χ0) is 27.2. The van der Waals surface area contributed by atoms with E-state index in [0.717, 1.165) is 0 Å². The van der Waals surface area contributed by atoms with Gasteiger partial charge in [-0.15, -0.1) is 0 Å². The van der Waals surface area contributed by atoms with E-state index >= 15 is 0 Å². The first-order valence-corrected chi connectivity index (χ1v) is 12.2. The normalized spacial score (nSPS) is 17.6. The number of ether oxygens (including phenoxy) is 1. The summed E-state index contributed by atoms with van der Waals surface area (Å²) in [5.41, 5.74) is -1.66. The molecule has 0 saturated carbocycles. The zero-order valence-electron chi connectivity index (χ0n) is 21.4. The van der Waals surface area contributed by atoms with E-state index in [9.17, 15) is 28.5 Å². The van der Waals surface area contributed by atoms with Gasteiger partial charge in [-0.25, -0.2) is 0 Å². The Bertz CT molecular complexity index is 1270. The molecule has 37 heavy (non-hydrogen) atoms. The van der Waals surface area contributed by atoms with Crippen molar-refractivity contribution in [1.29, 1.82) is 0 Å². The molecule has 1 atom stereocenters. The van der Waals surface area contributed by atoms with Gasteiger partial charge in [-0.3, -0.25) is 4.68 Å². The molecular weight excluding hydrogens is 485 g/mol. The second-order valence-corrected chi connectivity index (χ2v) is 11.1. The maximum absolute atomic E-state index is 13.7. The summed E-state index contributed by atoms with van der Waals surface area (Å²) >= 11 is 0. The number of alkyl halides is 3. The molecule has 0 saturated heterocycles. The van der Waals surface area contributed by atoms with Crippen LogP contribution < -0.4 is 4.74 Å². The molecule has 4 rings (SSSR count). The molecule has 3 aromatic rings. The number of aliphatic hydroxyl groups is 3. The summed E-state index contributed by atoms with van der Waals surface area (Å²) in [5.74, 6) is 0.313. The summed E-state index contributed by atoms with van der Waals surface area (Å²) in [6, 6.07) is 9.79. The Kier molecular flexibility index (Phi) is 6.94. The van der Waals surface area contributed by atoms with Gasteiger partial charge in [-0.05, 0) is 74.9 Å². The second kappa shape index (κ2) is 9.45. The Morgan fingerprint density at radius 3 is 2.32 bits per heavy atom.